The van der Waals surface area contributed by atoms with Gasteiger partial charge < -0.3 is 9.84 Å². The molecule has 80 valence electrons. The van der Waals surface area contributed by atoms with Gasteiger partial charge in [0, 0.05) is 13.2 Å². The van der Waals surface area contributed by atoms with Gasteiger partial charge in [0.15, 0.2) is 0 Å². The summed E-state index contributed by atoms with van der Waals surface area (Å²) in [5.74, 6) is 0. The van der Waals surface area contributed by atoms with Crippen LogP contribution in [0.4, 0.5) is 0 Å². The van der Waals surface area contributed by atoms with Crippen molar-refractivity contribution >= 4 is 0 Å². The predicted octanol–water partition coefficient (Wildman–Crippen LogP) is 2.27. The number of allylic oxidation sites excluding steroid dienone is 1. The summed E-state index contributed by atoms with van der Waals surface area (Å²) in [5.41, 5.74) is 1.89. The Labute approximate surface area is 86.0 Å². The van der Waals surface area contributed by atoms with Gasteiger partial charge in [-0.25, -0.2) is 0 Å². The molecule has 2 nitrogen and oxygen atoms in total. The van der Waals surface area contributed by atoms with E-state index in [1.54, 1.807) is 0 Å². The molecule has 1 aliphatic carbocycles. The minimum Gasteiger partial charge on any atom is -0.389 e. The van der Waals surface area contributed by atoms with Crippen molar-refractivity contribution in [1.29, 1.82) is 0 Å². The van der Waals surface area contributed by atoms with E-state index < -0.39 is 0 Å². The Kier molecular flexibility index (Phi) is 2.93. The summed E-state index contributed by atoms with van der Waals surface area (Å²) in [7, 11) is 0. The molecule has 1 saturated heterocycles. The Balaban J connectivity index is 2.15. The van der Waals surface area contributed by atoms with Crippen LogP contribution in [0.1, 0.15) is 39.0 Å². The maximum Gasteiger partial charge on any atom is 0.0695 e. The molecule has 1 N–H and O–H groups in total. The zero-order valence-corrected chi connectivity index (χ0v) is 8.96. The Morgan fingerprint density at radius 3 is 2.71 bits per heavy atom. The summed E-state index contributed by atoms with van der Waals surface area (Å²) < 4.78 is 5.42. The van der Waals surface area contributed by atoms with Gasteiger partial charge in [0.25, 0.3) is 0 Å². The van der Waals surface area contributed by atoms with Crippen molar-refractivity contribution in [2.75, 3.05) is 13.2 Å². The van der Waals surface area contributed by atoms with E-state index in [0.717, 1.165) is 26.1 Å². The molecule has 0 radical (unpaired) electrons. The zero-order valence-electron chi connectivity index (χ0n) is 8.96. The van der Waals surface area contributed by atoms with Crippen LogP contribution in [0.2, 0.25) is 0 Å². The first-order valence-electron chi connectivity index (χ1n) is 5.70. The van der Waals surface area contributed by atoms with E-state index in [1.165, 1.54) is 24.8 Å². The molecular weight excluding hydrogens is 176 g/mol. The summed E-state index contributed by atoms with van der Waals surface area (Å²) >= 11 is 0. The summed E-state index contributed by atoms with van der Waals surface area (Å²) in [4.78, 5) is 0. The molecule has 0 amide bonds. The smallest absolute Gasteiger partial charge is 0.0695 e. The first kappa shape index (κ1) is 10.2. The SMILES string of the molecule is CC(O)/C=C1/CCCC12CCOCC2. The zero-order chi connectivity index (χ0) is 10.0. The van der Waals surface area contributed by atoms with E-state index >= 15 is 0 Å². The van der Waals surface area contributed by atoms with E-state index in [-0.39, 0.29) is 6.10 Å². The molecule has 2 heteroatoms. The molecule has 2 rings (SSSR count). The fourth-order valence-corrected chi connectivity index (χ4v) is 2.93. The topological polar surface area (TPSA) is 29.5 Å². The maximum absolute atomic E-state index is 9.42. The number of aliphatic hydroxyl groups excluding tert-OH is 1. The lowest BCUT2D eigenvalue weighted by Crippen LogP contribution is -2.28. The number of rotatable bonds is 1. The molecule has 1 aliphatic heterocycles. The largest absolute Gasteiger partial charge is 0.389 e. The first-order chi connectivity index (χ1) is 6.73. The Bertz CT molecular complexity index is 224. The van der Waals surface area contributed by atoms with Crippen LogP contribution >= 0.6 is 0 Å². The van der Waals surface area contributed by atoms with Gasteiger partial charge in [0.05, 0.1) is 6.10 Å². The summed E-state index contributed by atoms with van der Waals surface area (Å²) in [6.07, 6.45) is 7.87. The molecular formula is C12H20O2. The van der Waals surface area contributed by atoms with E-state index in [1.807, 2.05) is 6.92 Å². The molecule has 0 aromatic rings. The molecule has 1 spiro atoms. The highest BCUT2D eigenvalue weighted by Crippen LogP contribution is 2.49. The molecule has 0 bridgehead atoms. The molecule has 1 heterocycles. The second-order valence-electron chi connectivity index (χ2n) is 4.68. The van der Waals surface area contributed by atoms with Crippen molar-refractivity contribution in [2.24, 2.45) is 5.41 Å². The van der Waals surface area contributed by atoms with Crippen molar-refractivity contribution in [3.63, 3.8) is 0 Å². The van der Waals surface area contributed by atoms with Crippen molar-refractivity contribution in [1.82, 2.24) is 0 Å². The lowest BCUT2D eigenvalue weighted by Gasteiger charge is -2.35. The second kappa shape index (κ2) is 4.03. The van der Waals surface area contributed by atoms with E-state index in [4.69, 9.17) is 4.74 Å². The number of aliphatic hydroxyl groups is 1. The minimum atomic E-state index is -0.289. The number of hydrogen-bond donors (Lipinski definition) is 1. The van der Waals surface area contributed by atoms with Crippen LogP contribution < -0.4 is 0 Å². The third-order valence-electron chi connectivity index (χ3n) is 3.67. The molecule has 1 saturated carbocycles. The monoisotopic (exact) mass is 196 g/mol. The van der Waals surface area contributed by atoms with Crippen molar-refractivity contribution in [3.8, 4) is 0 Å². The number of ether oxygens (including phenoxy) is 1. The molecule has 2 aliphatic rings. The highest BCUT2D eigenvalue weighted by atomic mass is 16.5. The summed E-state index contributed by atoms with van der Waals surface area (Å²) in [5, 5.41) is 9.42. The molecule has 1 atom stereocenters. The molecule has 2 fully saturated rings. The number of hydrogen-bond acceptors (Lipinski definition) is 2. The minimum absolute atomic E-state index is 0.289. The highest BCUT2D eigenvalue weighted by Gasteiger charge is 2.39. The van der Waals surface area contributed by atoms with Crippen LogP contribution in [-0.2, 0) is 4.74 Å². The molecule has 0 aromatic heterocycles. The Morgan fingerprint density at radius 1 is 1.36 bits per heavy atom. The maximum atomic E-state index is 9.42. The van der Waals surface area contributed by atoms with Gasteiger partial charge >= 0.3 is 0 Å². The summed E-state index contributed by atoms with van der Waals surface area (Å²) in [6, 6.07) is 0. The third kappa shape index (κ3) is 1.86. The van der Waals surface area contributed by atoms with Gasteiger partial charge in [0.1, 0.15) is 0 Å². The van der Waals surface area contributed by atoms with Crippen LogP contribution in [-0.4, -0.2) is 24.4 Å². The van der Waals surface area contributed by atoms with Gasteiger partial charge in [-0.3, -0.25) is 0 Å². The standard InChI is InChI=1S/C12H20O2/c1-10(13)9-11-3-2-4-12(11)5-7-14-8-6-12/h9-10,13H,2-8H2,1H3/b11-9-. The third-order valence-corrected chi connectivity index (χ3v) is 3.67. The lowest BCUT2D eigenvalue weighted by atomic mass is 9.75. The highest BCUT2D eigenvalue weighted by molar-refractivity contribution is 5.21. The van der Waals surface area contributed by atoms with Crippen LogP contribution in [0, 0.1) is 5.41 Å². The Hall–Kier alpha value is -0.340. The van der Waals surface area contributed by atoms with Crippen LogP contribution in [0.5, 0.6) is 0 Å². The van der Waals surface area contributed by atoms with E-state index in [0.29, 0.717) is 5.41 Å². The quantitative estimate of drug-likeness (QED) is 0.652. The van der Waals surface area contributed by atoms with Crippen LogP contribution in [0.15, 0.2) is 11.6 Å². The van der Waals surface area contributed by atoms with Gasteiger partial charge in [-0.05, 0) is 44.4 Å². The van der Waals surface area contributed by atoms with E-state index in [2.05, 4.69) is 6.08 Å². The van der Waals surface area contributed by atoms with Crippen molar-refractivity contribution < 1.29 is 9.84 Å². The average molecular weight is 196 g/mol. The van der Waals surface area contributed by atoms with Gasteiger partial charge in [-0.2, -0.15) is 0 Å². The normalized spacial score (nSPS) is 31.1. The molecule has 1 unspecified atom stereocenters. The predicted molar refractivity (Wildman–Crippen MR) is 56.1 cm³/mol. The van der Waals surface area contributed by atoms with Gasteiger partial charge in [0.2, 0.25) is 0 Å². The van der Waals surface area contributed by atoms with Gasteiger partial charge in [-0.15, -0.1) is 0 Å². The lowest BCUT2D eigenvalue weighted by molar-refractivity contribution is 0.0343. The average Bonchev–Trinajstić information content (AvgIpc) is 2.50. The fourth-order valence-electron chi connectivity index (χ4n) is 2.93. The second-order valence-corrected chi connectivity index (χ2v) is 4.68. The fraction of sp³-hybridized carbons (Fsp3) is 0.833. The first-order valence-corrected chi connectivity index (χ1v) is 5.70. The van der Waals surface area contributed by atoms with Crippen molar-refractivity contribution in [2.45, 2.75) is 45.1 Å². The van der Waals surface area contributed by atoms with E-state index in [9.17, 15) is 5.11 Å². The summed E-state index contributed by atoms with van der Waals surface area (Å²) in [6.45, 7) is 3.65. The van der Waals surface area contributed by atoms with Crippen LogP contribution in [0.3, 0.4) is 0 Å². The molecule has 14 heavy (non-hydrogen) atoms. The van der Waals surface area contributed by atoms with Gasteiger partial charge in [-0.1, -0.05) is 11.6 Å². The van der Waals surface area contributed by atoms with Crippen LogP contribution in [0.25, 0.3) is 0 Å². The molecule has 0 aromatic carbocycles. The van der Waals surface area contributed by atoms with Crippen molar-refractivity contribution in [3.05, 3.63) is 11.6 Å². The Morgan fingerprint density at radius 2 is 2.07 bits per heavy atom.